The lowest BCUT2D eigenvalue weighted by molar-refractivity contribution is -0.139. The Bertz CT molecular complexity index is 513. The van der Waals surface area contributed by atoms with Crippen LogP contribution in [0.4, 0.5) is 0 Å². The third-order valence-corrected chi connectivity index (χ3v) is 3.71. The summed E-state index contributed by atoms with van der Waals surface area (Å²) >= 11 is 0. The van der Waals surface area contributed by atoms with Crippen molar-refractivity contribution < 1.29 is 14.3 Å². The lowest BCUT2D eigenvalue weighted by atomic mass is 10.2. The van der Waals surface area contributed by atoms with Crippen molar-refractivity contribution in [1.29, 1.82) is 0 Å². The minimum atomic E-state index is -0.0293. The van der Waals surface area contributed by atoms with Crippen molar-refractivity contribution in [2.24, 2.45) is 0 Å². The first kappa shape index (κ1) is 19.0. The SMILES string of the molecule is CCN(CC)C(=O)CN(C)C(=O)CCCOc1cccc(C)c1. The van der Waals surface area contributed by atoms with Crippen molar-refractivity contribution in [3.05, 3.63) is 29.8 Å². The van der Waals surface area contributed by atoms with E-state index < -0.39 is 0 Å². The van der Waals surface area contributed by atoms with E-state index in [2.05, 4.69) is 0 Å². The summed E-state index contributed by atoms with van der Waals surface area (Å²) in [5, 5.41) is 0. The fraction of sp³-hybridized carbons (Fsp3) is 0.556. The molecule has 0 aliphatic rings. The smallest absolute Gasteiger partial charge is 0.242 e. The molecule has 0 aliphatic carbocycles. The Morgan fingerprint density at radius 3 is 2.43 bits per heavy atom. The number of amides is 2. The van der Waals surface area contributed by atoms with Crippen LogP contribution < -0.4 is 4.74 Å². The van der Waals surface area contributed by atoms with E-state index in [0.29, 0.717) is 32.5 Å². The number of benzene rings is 1. The van der Waals surface area contributed by atoms with Gasteiger partial charge >= 0.3 is 0 Å². The number of carbonyl (C=O) groups is 2. The summed E-state index contributed by atoms with van der Waals surface area (Å²) in [6.45, 7) is 7.85. The van der Waals surface area contributed by atoms with Crippen molar-refractivity contribution in [3.63, 3.8) is 0 Å². The second-order valence-corrected chi connectivity index (χ2v) is 5.58. The Kier molecular flexibility index (Phi) is 8.16. The Hall–Kier alpha value is -2.04. The molecule has 1 rings (SSSR count). The Balaban J connectivity index is 2.29. The normalized spacial score (nSPS) is 10.3. The number of hydrogen-bond acceptors (Lipinski definition) is 3. The molecule has 0 spiro atoms. The number of likely N-dealkylation sites (N-methyl/N-ethyl adjacent to an activating group) is 2. The molecular weight excluding hydrogens is 292 g/mol. The maximum absolute atomic E-state index is 12.0. The van der Waals surface area contributed by atoms with Crippen molar-refractivity contribution in [1.82, 2.24) is 9.80 Å². The van der Waals surface area contributed by atoms with Gasteiger partial charge in [0.2, 0.25) is 11.8 Å². The fourth-order valence-corrected chi connectivity index (χ4v) is 2.28. The molecule has 23 heavy (non-hydrogen) atoms. The van der Waals surface area contributed by atoms with E-state index in [9.17, 15) is 9.59 Å². The van der Waals surface area contributed by atoms with Crippen LogP contribution in [0, 0.1) is 6.92 Å². The Morgan fingerprint density at radius 1 is 1.13 bits per heavy atom. The summed E-state index contributed by atoms with van der Waals surface area (Å²) in [4.78, 5) is 27.2. The van der Waals surface area contributed by atoms with Crippen LogP contribution in [0.2, 0.25) is 0 Å². The van der Waals surface area contributed by atoms with E-state index in [1.807, 2.05) is 45.0 Å². The van der Waals surface area contributed by atoms with Crippen LogP contribution in [0.15, 0.2) is 24.3 Å². The zero-order valence-electron chi connectivity index (χ0n) is 14.7. The van der Waals surface area contributed by atoms with E-state index in [4.69, 9.17) is 4.74 Å². The lowest BCUT2D eigenvalue weighted by Crippen LogP contribution is -2.41. The van der Waals surface area contributed by atoms with E-state index in [1.54, 1.807) is 11.9 Å². The summed E-state index contributed by atoms with van der Waals surface area (Å²) in [6, 6.07) is 7.83. The minimum absolute atomic E-state index is 0.0122. The van der Waals surface area contributed by atoms with Gasteiger partial charge in [0.1, 0.15) is 5.75 Å². The van der Waals surface area contributed by atoms with E-state index in [-0.39, 0.29) is 18.4 Å². The van der Waals surface area contributed by atoms with Crippen LogP contribution in [0.3, 0.4) is 0 Å². The predicted molar refractivity (Wildman–Crippen MR) is 91.5 cm³/mol. The second kappa shape index (κ2) is 9.87. The highest BCUT2D eigenvalue weighted by atomic mass is 16.5. The molecule has 1 aromatic carbocycles. The first-order valence-corrected chi connectivity index (χ1v) is 8.19. The molecule has 0 heterocycles. The Labute approximate surface area is 139 Å². The topological polar surface area (TPSA) is 49.9 Å². The number of ether oxygens (including phenoxy) is 1. The van der Waals surface area contributed by atoms with Gasteiger partial charge < -0.3 is 14.5 Å². The minimum Gasteiger partial charge on any atom is -0.494 e. The highest BCUT2D eigenvalue weighted by Gasteiger charge is 2.16. The molecule has 0 aliphatic heterocycles. The van der Waals surface area contributed by atoms with Gasteiger partial charge in [0.05, 0.1) is 13.2 Å². The average molecular weight is 320 g/mol. The zero-order chi connectivity index (χ0) is 17.2. The molecule has 1 aromatic rings. The van der Waals surface area contributed by atoms with E-state index in [1.165, 1.54) is 4.90 Å². The van der Waals surface area contributed by atoms with Gasteiger partial charge in [-0.2, -0.15) is 0 Å². The summed E-state index contributed by atoms with van der Waals surface area (Å²) in [6.07, 6.45) is 1.02. The number of hydrogen-bond donors (Lipinski definition) is 0. The molecule has 128 valence electrons. The molecule has 0 saturated heterocycles. The standard InChI is InChI=1S/C18H28N2O3/c1-5-20(6-2)18(22)14-19(4)17(21)11-8-12-23-16-10-7-9-15(3)13-16/h7,9-10,13H,5-6,8,11-12,14H2,1-4H3. The monoisotopic (exact) mass is 320 g/mol. The largest absolute Gasteiger partial charge is 0.494 e. The highest BCUT2D eigenvalue weighted by molar-refractivity contribution is 5.84. The van der Waals surface area contributed by atoms with Gasteiger partial charge in [0, 0.05) is 26.6 Å². The first-order valence-electron chi connectivity index (χ1n) is 8.19. The Morgan fingerprint density at radius 2 is 1.83 bits per heavy atom. The number of carbonyl (C=O) groups excluding carboxylic acids is 2. The van der Waals surface area contributed by atoms with Crippen molar-refractivity contribution >= 4 is 11.8 Å². The molecule has 0 atom stereocenters. The molecule has 5 nitrogen and oxygen atoms in total. The van der Waals surface area contributed by atoms with Crippen molar-refractivity contribution in [3.8, 4) is 5.75 Å². The number of aryl methyl sites for hydroxylation is 1. The van der Waals surface area contributed by atoms with Gasteiger partial charge in [-0.15, -0.1) is 0 Å². The van der Waals surface area contributed by atoms with Gasteiger partial charge in [0.15, 0.2) is 0 Å². The molecule has 0 unspecified atom stereocenters. The third kappa shape index (κ3) is 6.72. The van der Waals surface area contributed by atoms with Crippen LogP contribution in [-0.2, 0) is 9.59 Å². The molecular formula is C18H28N2O3. The maximum Gasteiger partial charge on any atom is 0.242 e. The predicted octanol–water partition coefficient (Wildman–Crippen LogP) is 2.48. The van der Waals surface area contributed by atoms with Crippen molar-refractivity contribution in [2.45, 2.75) is 33.6 Å². The van der Waals surface area contributed by atoms with Crippen LogP contribution in [0.5, 0.6) is 5.75 Å². The lowest BCUT2D eigenvalue weighted by Gasteiger charge is -2.23. The second-order valence-electron chi connectivity index (χ2n) is 5.58. The summed E-state index contributed by atoms with van der Waals surface area (Å²) in [7, 11) is 1.67. The fourth-order valence-electron chi connectivity index (χ4n) is 2.28. The molecule has 0 N–H and O–H groups in total. The van der Waals surface area contributed by atoms with Crippen LogP contribution >= 0.6 is 0 Å². The van der Waals surface area contributed by atoms with Crippen LogP contribution in [-0.4, -0.2) is 54.9 Å². The number of rotatable bonds is 9. The quantitative estimate of drug-likeness (QED) is 0.657. The molecule has 0 radical (unpaired) electrons. The van der Waals surface area contributed by atoms with Crippen LogP contribution in [0.25, 0.3) is 0 Å². The summed E-state index contributed by atoms with van der Waals surface area (Å²) in [5.74, 6) is 0.780. The molecule has 0 fully saturated rings. The van der Waals surface area contributed by atoms with Gasteiger partial charge in [-0.3, -0.25) is 9.59 Å². The third-order valence-electron chi connectivity index (χ3n) is 3.71. The van der Waals surface area contributed by atoms with Gasteiger partial charge in [-0.05, 0) is 44.9 Å². The zero-order valence-corrected chi connectivity index (χ0v) is 14.7. The van der Waals surface area contributed by atoms with E-state index in [0.717, 1.165) is 11.3 Å². The maximum atomic E-state index is 12.0. The summed E-state index contributed by atoms with van der Waals surface area (Å²) in [5.41, 5.74) is 1.15. The molecule has 0 aromatic heterocycles. The molecule has 0 saturated carbocycles. The van der Waals surface area contributed by atoms with Crippen LogP contribution in [0.1, 0.15) is 32.3 Å². The molecule has 5 heteroatoms. The number of nitrogens with zero attached hydrogens (tertiary/aromatic N) is 2. The van der Waals surface area contributed by atoms with Gasteiger partial charge in [0.25, 0.3) is 0 Å². The first-order chi connectivity index (χ1) is 11.0. The summed E-state index contributed by atoms with van der Waals surface area (Å²) < 4.78 is 5.63. The molecule has 2 amide bonds. The van der Waals surface area contributed by atoms with E-state index >= 15 is 0 Å². The van der Waals surface area contributed by atoms with Gasteiger partial charge in [-0.1, -0.05) is 12.1 Å². The molecule has 0 bridgehead atoms. The van der Waals surface area contributed by atoms with Gasteiger partial charge in [-0.25, -0.2) is 0 Å². The highest BCUT2D eigenvalue weighted by Crippen LogP contribution is 2.12. The van der Waals surface area contributed by atoms with Crippen molar-refractivity contribution in [2.75, 3.05) is 33.3 Å². The average Bonchev–Trinajstić information content (AvgIpc) is 2.52.